The first-order valence-electron chi connectivity index (χ1n) is 4.13. The third kappa shape index (κ3) is 1.36. The number of aromatic hydroxyl groups is 1. The van der Waals surface area contributed by atoms with E-state index in [1.165, 1.54) is 0 Å². The van der Waals surface area contributed by atoms with E-state index in [1.807, 2.05) is 6.92 Å². The van der Waals surface area contributed by atoms with Crippen molar-refractivity contribution in [3.63, 3.8) is 0 Å². The van der Waals surface area contributed by atoms with Crippen molar-refractivity contribution < 1.29 is 5.11 Å². The summed E-state index contributed by atoms with van der Waals surface area (Å²) in [6.07, 6.45) is 0. The summed E-state index contributed by atoms with van der Waals surface area (Å²) in [6.45, 7) is 1.87. The summed E-state index contributed by atoms with van der Waals surface area (Å²) >= 11 is 5.95. The normalized spacial score (nSPS) is 10.7. The molecule has 0 aliphatic rings. The van der Waals surface area contributed by atoms with Crippen LogP contribution in [-0.4, -0.2) is 10.1 Å². The summed E-state index contributed by atoms with van der Waals surface area (Å²) in [5.41, 5.74) is 7.74. The molecule has 0 atom stereocenters. The quantitative estimate of drug-likeness (QED) is 0.654. The maximum atomic E-state index is 9.30. The van der Waals surface area contributed by atoms with Crippen LogP contribution in [0.1, 0.15) is 5.56 Å². The van der Waals surface area contributed by atoms with Crippen molar-refractivity contribution in [3.05, 3.63) is 28.8 Å². The predicted octanol–water partition coefficient (Wildman–Crippen LogP) is 2.48. The van der Waals surface area contributed by atoms with E-state index in [9.17, 15) is 5.11 Å². The number of aryl methyl sites for hydroxylation is 1. The Balaban J connectivity index is 2.94. The minimum absolute atomic E-state index is 0.0262. The molecule has 0 unspecified atom stereocenters. The van der Waals surface area contributed by atoms with E-state index in [-0.39, 0.29) is 5.88 Å². The van der Waals surface area contributed by atoms with E-state index in [2.05, 4.69) is 4.98 Å². The van der Waals surface area contributed by atoms with Gasteiger partial charge in [-0.05, 0) is 24.6 Å². The minimum atomic E-state index is -0.0262. The fourth-order valence-corrected chi connectivity index (χ4v) is 1.72. The molecule has 14 heavy (non-hydrogen) atoms. The molecule has 4 heteroatoms. The second-order valence-corrected chi connectivity index (χ2v) is 3.60. The van der Waals surface area contributed by atoms with Crippen LogP contribution in [0.4, 0.5) is 5.69 Å². The molecule has 0 saturated heterocycles. The van der Waals surface area contributed by atoms with Gasteiger partial charge in [-0.2, -0.15) is 0 Å². The maximum absolute atomic E-state index is 9.30. The lowest BCUT2D eigenvalue weighted by Crippen LogP contribution is -1.89. The number of nitrogens with two attached hydrogens (primary N) is 1. The Hall–Kier alpha value is -1.48. The highest BCUT2D eigenvalue weighted by Gasteiger charge is 2.06. The lowest BCUT2D eigenvalue weighted by Gasteiger charge is -2.05. The number of hydrogen-bond donors (Lipinski definition) is 2. The van der Waals surface area contributed by atoms with Gasteiger partial charge in [0.2, 0.25) is 5.88 Å². The molecule has 0 radical (unpaired) electrons. The van der Waals surface area contributed by atoms with E-state index < -0.39 is 0 Å². The van der Waals surface area contributed by atoms with Crippen molar-refractivity contribution in [1.29, 1.82) is 0 Å². The molecule has 72 valence electrons. The van der Waals surface area contributed by atoms with Crippen molar-refractivity contribution in [2.24, 2.45) is 0 Å². The summed E-state index contributed by atoms with van der Waals surface area (Å²) in [5.74, 6) is -0.0262. The lowest BCUT2D eigenvalue weighted by atomic mass is 10.1. The average Bonchev–Trinajstić information content (AvgIpc) is 2.07. The largest absolute Gasteiger partial charge is 0.493 e. The molecule has 0 aliphatic heterocycles. The third-order valence-electron chi connectivity index (χ3n) is 2.08. The van der Waals surface area contributed by atoms with Crippen LogP contribution in [0.15, 0.2) is 18.2 Å². The van der Waals surface area contributed by atoms with E-state index >= 15 is 0 Å². The van der Waals surface area contributed by atoms with Gasteiger partial charge >= 0.3 is 0 Å². The Morgan fingerprint density at radius 3 is 2.79 bits per heavy atom. The van der Waals surface area contributed by atoms with E-state index in [0.29, 0.717) is 16.2 Å². The Labute approximate surface area is 86.1 Å². The number of fused-ring (bicyclic) bond motifs is 1. The zero-order valence-corrected chi connectivity index (χ0v) is 8.34. The number of anilines is 1. The van der Waals surface area contributed by atoms with Gasteiger partial charge in [0.05, 0.1) is 10.5 Å². The number of aromatic nitrogens is 1. The Morgan fingerprint density at radius 1 is 1.36 bits per heavy atom. The van der Waals surface area contributed by atoms with Crippen molar-refractivity contribution in [3.8, 4) is 5.88 Å². The summed E-state index contributed by atoms with van der Waals surface area (Å²) < 4.78 is 0. The number of halogens is 1. The molecular formula is C10H9ClN2O. The number of nitrogen functional groups attached to an aromatic ring is 1. The third-order valence-corrected chi connectivity index (χ3v) is 2.37. The minimum Gasteiger partial charge on any atom is -0.493 e. The molecule has 0 amide bonds. The highest BCUT2D eigenvalue weighted by atomic mass is 35.5. The molecule has 0 bridgehead atoms. The topological polar surface area (TPSA) is 59.1 Å². The molecule has 3 N–H and O–H groups in total. The second-order valence-electron chi connectivity index (χ2n) is 3.20. The lowest BCUT2D eigenvalue weighted by molar-refractivity contribution is 0.455. The zero-order valence-electron chi connectivity index (χ0n) is 7.58. The predicted molar refractivity (Wildman–Crippen MR) is 57.6 cm³/mol. The monoisotopic (exact) mass is 208 g/mol. The number of benzene rings is 1. The molecule has 0 aliphatic carbocycles. The highest BCUT2D eigenvalue weighted by Crippen LogP contribution is 2.29. The molecule has 1 aromatic carbocycles. The van der Waals surface area contributed by atoms with Crippen LogP contribution < -0.4 is 5.73 Å². The number of pyridine rings is 1. The maximum Gasteiger partial charge on any atom is 0.211 e. The number of hydrogen-bond acceptors (Lipinski definition) is 3. The Bertz CT molecular complexity index is 464. The van der Waals surface area contributed by atoms with Gasteiger partial charge in [0.25, 0.3) is 0 Å². The highest BCUT2D eigenvalue weighted by molar-refractivity contribution is 6.35. The molecule has 0 fully saturated rings. The smallest absolute Gasteiger partial charge is 0.211 e. The standard InChI is InChI=1S/C10H9ClN2O/c1-5-2-9(14)13-10-7(5)3-6(12)4-8(10)11/h2-4H,12H2,1H3,(H,13,14). The first kappa shape index (κ1) is 9.09. The fraction of sp³-hybridized carbons (Fsp3) is 0.100. The second kappa shape index (κ2) is 3.03. The van der Waals surface area contributed by atoms with Gasteiger partial charge in [-0.25, -0.2) is 4.98 Å². The molecule has 1 aromatic heterocycles. The van der Waals surface area contributed by atoms with Crippen molar-refractivity contribution in [2.75, 3.05) is 5.73 Å². The van der Waals surface area contributed by atoms with E-state index in [4.69, 9.17) is 17.3 Å². The number of nitrogens with zero attached hydrogens (tertiary/aromatic N) is 1. The van der Waals surface area contributed by atoms with Crippen LogP contribution in [-0.2, 0) is 0 Å². The average molecular weight is 209 g/mol. The van der Waals surface area contributed by atoms with Gasteiger partial charge in [-0.15, -0.1) is 0 Å². The van der Waals surface area contributed by atoms with Crippen LogP contribution in [0.3, 0.4) is 0 Å². The molecule has 0 spiro atoms. The molecule has 2 rings (SSSR count). The number of rotatable bonds is 0. The Kier molecular flexibility index (Phi) is 1.97. The molecule has 0 saturated carbocycles. The Morgan fingerprint density at radius 2 is 2.07 bits per heavy atom. The molecule has 3 nitrogen and oxygen atoms in total. The van der Waals surface area contributed by atoms with Gasteiger partial charge in [0.1, 0.15) is 0 Å². The first-order valence-corrected chi connectivity index (χ1v) is 4.51. The van der Waals surface area contributed by atoms with Crippen LogP contribution in [0.2, 0.25) is 5.02 Å². The summed E-state index contributed by atoms with van der Waals surface area (Å²) in [4.78, 5) is 3.95. The first-order chi connectivity index (χ1) is 6.58. The van der Waals surface area contributed by atoms with Gasteiger partial charge in [0.15, 0.2) is 0 Å². The van der Waals surface area contributed by atoms with Gasteiger partial charge in [0, 0.05) is 17.1 Å². The van der Waals surface area contributed by atoms with Gasteiger partial charge in [-0.3, -0.25) is 0 Å². The van der Waals surface area contributed by atoms with E-state index in [1.54, 1.807) is 18.2 Å². The van der Waals surface area contributed by atoms with Crippen molar-refractivity contribution >= 4 is 28.2 Å². The molecule has 2 aromatic rings. The van der Waals surface area contributed by atoms with Crippen molar-refractivity contribution in [1.82, 2.24) is 4.98 Å². The summed E-state index contributed by atoms with van der Waals surface area (Å²) in [6, 6.07) is 5.00. The fourth-order valence-electron chi connectivity index (χ4n) is 1.45. The van der Waals surface area contributed by atoms with E-state index in [0.717, 1.165) is 10.9 Å². The van der Waals surface area contributed by atoms with Gasteiger partial charge in [-0.1, -0.05) is 11.6 Å². The van der Waals surface area contributed by atoms with Gasteiger partial charge < -0.3 is 10.8 Å². The van der Waals surface area contributed by atoms with Crippen LogP contribution in [0.25, 0.3) is 10.9 Å². The molecule has 1 heterocycles. The van der Waals surface area contributed by atoms with Crippen molar-refractivity contribution in [2.45, 2.75) is 6.92 Å². The zero-order chi connectivity index (χ0) is 10.3. The summed E-state index contributed by atoms with van der Waals surface area (Å²) in [7, 11) is 0. The van der Waals surface area contributed by atoms with Crippen LogP contribution >= 0.6 is 11.6 Å². The van der Waals surface area contributed by atoms with Crippen LogP contribution in [0.5, 0.6) is 5.88 Å². The van der Waals surface area contributed by atoms with Crippen LogP contribution in [0, 0.1) is 6.92 Å². The molecular weight excluding hydrogens is 200 g/mol. The summed E-state index contributed by atoms with van der Waals surface area (Å²) in [5, 5.41) is 10.6. The SMILES string of the molecule is Cc1cc(O)nc2c(Cl)cc(N)cc12.